The van der Waals surface area contributed by atoms with E-state index >= 15 is 0 Å². The molecule has 94 valence electrons. The van der Waals surface area contributed by atoms with Gasteiger partial charge in [0.15, 0.2) is 0 Å². The highest BCUT2D eigenvalue weighted by atomic mass is 79.9. The van der Waals surface area contributed by atoms with Gasteiger partial charge in [0.2, 0.25) is 0 Å². The van der Waals surface area contributed by atoms with Crippen LogP contribution in [0.2, 0.25) is 5.02 Å². The Morgan fingerprint density at radius 3 is 2.59 bits per heavy atom. The molecule has 1 aromatic carbocycles. The van der Waals surface area contributed by atoms with Crippen molar-refractivity contribution in [1.29, 1.82) is 0 Å². The van der Waals surface area contributed by atoms with Crippen LogP contribution in [-0.2, 0) is 4.74 Å². The minimum absolute atomic E-state index is 0.284. The summed E-state index contributed by atoms with van der Waals surface area (Å²) in [6.07, 6.45) is 1.40. The van der Waals surface area contributed by atoms with E-state index < -0.39 is 0 Å². The number of hydrogen-bond acceptors (Lipinski definition) is 1. The SMILES string of the molecule is Cc1cc(Cl)c(C(Br)C2CCOC2C)cc1C. The van der Waals surface area contributed by atoms with Crippen LogP contribution in [0.3, 0.4) is 0 Å². The summed E-state index contributed by atoms with van der Waals surface area (Å²) >= 11 is 10.1. The Balaban J connectivity index is 2.30. The van der Waals surface area contributed by atoms with E-state index in [0.29, 0.717) is 12.0 Å². The molecule has 17 heavy (non-hydrogen) atoms. The van der Waals surface area contributed by atoms with Crippen LogP contribution in [0, 0.1) is 19.8 Å². The first kappa shape index (κ1) is 13.4. The number of halogens is 2. The Kier molecular flexibility index (Phi) is 4.17. The van der Waals surface area contributed by atoms with Gasteiger partial charge in [0, 0.05) is 22.4 Å². The number of hydrogen-bond donors (Lipinski definition) is 0. The lowest BCUT2D eigenvalue weighted by molar-refractivity contribution is 0.105. The molecule has 0 aromatic heterocycles. The molecule has 3 atom stereocenters. The molecule has 2 rings (SSSR count). The van der Waals surface area contributed by atoms with Crippen molar-refractivity contribution >= 4 is 27.5 Å². The highest BCUT2D eigenvalue weighted by Crippen LogP contribution is 2.42. The Hall–Kier alpha value is -0.0500. The summed E-state index contributed by atoms with van der Waals surface area (Å²) in [4.78, 5) is 0.284. The molecule has 1 aliphatic heterocycles. The lowest BCUT2D eigenvalue weighted by Gasteiger charge is -2.22. The molecule has 0 N–H and O–H groups in total. The third-order valence-corrected chi connectivity index (χ3v) is 5.22. The van der Waals surface area contributed by atoms with Gasteiger partial charge in [-0.2, -0.15) is 0 Å². The van der Waals surface area contributed by atoms with Crippen LogP contribution >= 0.6 is 27.5 Å². The predicted octanol–water partition coefficient (Wildman–Crippen LogP) is 4.82. The first-order chi connectivity index (χ1) is 8.00. The molecule has 0 spiro atoms. The fourth-order valence-electron chi connectivity index (χ4n) is 2.38. The summed E-state index contributed by atoms with van der Waals surface area (Å²) in [6, 6.07) is 4.25. The van der Waals surface area contributed by atoms with E-state index in [4.69, 9.17) is 16.3 Å². The molecule has 3 unspecified atom stereocenters. The van der Waals surface area contributed by atoms with Crippen molar-refractivity contribution in [2.45, 2.75) is 38.1 Å². The summed E-state index contributed by atoms with van der Waals surface area (Å²) in [7, 11) is 0. The van der Waals surface area contributed by atoms with E-state index in [0.717, 1.165) is 18.1 Å². The van der Waals surface area contributed by atoms with Gasteiger partial charge in [-0.15, -0.1) is 0 Å². The lowest BCUT2D eigenvalue weighted by Crippen LogP contribution is -2.16. The van der Waals surface area contributed by atoms with E-state index in [1.807, 2.05) is 0 Å². The Morgan fingerprint density at radius 1 is 1.35 bits per heavy atom. The van der Waals surface area contributed by atoms with Crippen molar-refractivity contribution in [2.75, 3.05) is 6.61 Å². The van der Waals surface area contributed by atoms with Crippen LogP contribution in [0.4, 0.5) is 0 Å². The normalized spacial score (nSPS) is 26.2. The maximum Gasteiger partial charge on any atom is 0.0589 e. The van der Waals surface area contributed by atoms with Gasteiger partial charge in [0.25, 0.3) is 0 Å². The monoisotopic (exact) mass is 316 g/mol. The van der Waals surface area contributed by atoms with E-state index in [9.17, 15) is 0 Å². The van der Waals surface area contributed by atoms with E-state index in [1.165, 1.54) is 16.7 Å². The van der Waals surface area contributed by atoms with Gasteiger partial charge in [-0.3, -0.25) is 0 Å². The second kappa shape index (κ2) is 5.29. The molecule has 1 saturated heterocycles. The van der Waals surface area contributed by atoms with Crippen LogP contribution in [-0.4, -0.2) is 12.7 Å². The van der Waals surface area contributed by atoms with Crippen LogP contribution < -0.4 is 0 Å². The fraction of sp³-hybridized carbons (Fsp3) is 0.571. The maximum atomic E-state index is 6.35. The highest BCUT2D eigenvalue weighted by molar-refractivity contribution is 9.09. The van der Waals surface area contributed by atoms with E-state index in [1.54, 1.807) is 0 Å². The third kappa shape index (κ3) is 2.69. The molecular weight excluding hydrogens is 300 g/mol. The molecule has 0 aliphatic carbocycles. The molecule has 1 nitrogen and oxygen atoms in total. The van der Waals surface area contributed by atoms with Crippen molar-refractivity contribution in [1.82, 2.24) is 0 Å². The smallest absolute Gasteiger partial charge is 0.0589 e. The van der Waals surface area contributed by atoms with Gasteiger partial charge >= 0.3 is 0 Å². The summed E-state index contributed by atoms with van der Waals surface area (Å²) in [5.41, 5.74) is 3.73. The predicted molar refractivity (Wildman–Crippen MR) is 76.1 cm³/mol. The third-order valence-electron chi connectivity index (χ3n) is 3.72. The quantitative estimate of drug-likeness (QED) is 0.711. The number of rotatable bonds is 2. The van der Waals surface area contributed by atoms with E-state index in [2.05, 4.69) is 48.8 Å². The molecule has 1 fully saturated rings. The molecule has 1 aromatic rings. The number of aryl methyl sites for hydroxylation is 2. The van der Waals surface area contributed by atoms with Gasteiger partial charge in [-0.1, -0.05) is 33.6 Å². The standard InChI is InChI=1S/C14H18BrClO/c1-8-6-12(13(16)7-9(8)2)14(15)11-4-5-17-10(11)3/h6-7,10-11,14H,4-5H2,1-3H3. The van der Waals surface area contributed by atoms with Gasteiger partial charge in [0.05, 0.1) is 6.10 Å². The van der Waals surface area contributed by atoms with Crippen molar-refractivity contribution in [3.63, 3.8) is 0 Å². The lowest BCUT2D eigenvalue weighted by atomic mass is 9.92. The number of benzene rings is 1. The van der Waals surface area contributed by atoms with Gasteiger partial charge in [-0.05, 0) is 49.9 Å². The maximum absolute atomic E-state index is 6.35. The molecule has 1 heterocycles. The Bertz CT molecular complexity index is 419. The molecule has 3 heteroatoms. The number of ether oxygens (including phenoxy) is 1. The topological polar surface area (TPSA) is 9.23 Å². The fourth-order valence-corrected chi connectivity index (χ4v) is 3.92. The number of alkyl halides is 1. The second-order valence-corrected chi connectivity index (χ2v) is 6.28. The molecule has 1 aliphatic rings. The van der Waals surface area contributed by atoms with Crippen LogP contribution in [0.15, 0.2) is 12.1 Å². The van der Waals surface area contributed by atoms with Gasteiger partial charge < -0.3 is 4.74 Å². The van der Waals surface area contributed by atoms with Gasteiger partial charge in [0.1, 0.15) is 0 Å². The first-order valence-electron chi connectivity index (χ1n) is 6.03. The van der Waals surface area contributed by atoms with Crippen LogP contribution in [0.5, 0.6) is 0 Å². The molecular formula is C14H18BrClO. The average Bonchev–Trinajstić information content (AvgIpc) is 2.69. The average molecular weight is 318 g/mol. The van der Waals surface area contributed by atoms with Crippen molar-refractivity contribution in [3.05, 3.63) is 33.8 Å². The largest absolute Gasteiger partial charge is 0.378 e. The minimum Gasteiger partial charge on any atom is -0.378 e. The second-order valence-electron chi connectivity index (χ2n) is 4.89. The van der Waals surface area contributed by atoms with Crippen molar-refractivity contribution < 1.29 is 4.74 Å². The Morgan fingerprint density at radius 2 is 2.00 bits per heavy atom. The zero-order valence-electron chi connectivity index (χ0n) is 10.5. The summed E-state index contributed by atoms with van der Waals surface area (Å²) in [5.74, 6) is 0.509. The summed E-state index contributed by atoms with van der Waals surface area (Å²) < 4.78 is 5.63. The zero-order valence-corrected chi connectivity index (χ0v) is 12.8. The Labute approximate surface area is 117 Å². The van der Waals surface area contributed by atoms with Crippen molar-refractivity contribution in [3.8, 4) is 0 Å². The van der Waals surface area contributed by atoms with Crippen LogP contribution in [0.1, 0.15) is 34.9 Å². The van der Waals surface area contributed by atoms with Gasteiger partial charge in [-0.25, -0.2) is 0 Å². The first-order valence-corrected chi connectivity index (χ1v) is 7.32. The highest BCUT2D eigenvalue weighted by Gasteiger charge is 2.32. The molecule has 0 saturated carbocycles. The molecule has 0 bridgehead atoms. The van der Waals surface area contributed by atoms with Crippen LogP contribution in [0.25, 0.3) is 0 Å². The minimum atomic E-state index is 0.284. The zero-order chi connectivity index (χ0) is 12.6. The molecule has 0 amide bonds. The van der Waals surface area contributed by atoms with Crippen molar-refractivity contribution in [2.24, 2.45) is 5.92 Å². The summed E-state index contributed by atoms with van der Waals surface area (Å²) in [6.45, 7) is 7.22. The molecule has 0 radical (unpaired) electrons. The summed E-state index contributed by atoms with van der Waals surface area (Å²) in [5, 5.41) is 0.856. The van der Waals surface area contributed by atoms with E-state index in [-0.39, 0.29) is 4.83 Å².